The Morgan fingerprint density at radius 1 is 1.30 bits per heavy atom. The molecule has 0 heterocycles. The Kier molecular flexibility index (Phi) is 4.50. The number of halogens is 1. The van der Waals surface area contributed by atoms with E-state index in [0.717, 1.165) is 6.07 Å². The number of aliphatic carboxylic acids is 1. The van der Waals surface area contributed by atoms with Crippen molar-refractivity contribution in [1.29, 1.82) is 0 Å². The lowest BCUT2D eigenvalue weighted by Crippen LogP contribution is -2.50. The lowest BCUT2D eigenvalue weighted by molar-refractivity contribution is -0.165. The van der Waals surface area contributed by atoms with E-state index in [0.29, 0.717) is 0 Å². The summed E-state index contributed by atoms with van der Waals surface area (Å²) in [6.07, 6.45) is -0.761. The number of hydrogen-bond acceptors (Lipinski definition) is 4. The van der Waals surface area contributed by atoms with Crippen molar-refractivity contribution in [3.63, 3.8) is 0 Å². The summed E-state index contributed by atoms with van der Waals surface area (Å²) in [5.74, 6) is -3.04. The Morgan fingerprint density at radius 3 is 2.30 bits per heavy atom. The van der Waals surface area contributed by atoms with Crippen LogP contribution in [-0.4, -0.2) is 22.6 Å². The van der Waals surface area contributed by atoms with E-state index in [1.807, 2.05) is 0 Å². The molecule has 1 aromatic carbocycles. The molecule has 0 spiro atoms. The third-order valence-electron chi connectivity index (χ3n) is 2.55. The van der Waals surface area contributed by atoms with Crippen LogP contribution in [-0.2, 0) is 19.9 Å². The summed E-state index contributed by atoms with van der Waals surface area (Å²) in [6.45, 7) is 4.86. The largest absolute Gasteiger partial charge is 0.481 e. The van der Waals surface area contributed by atoms with E-state index in [-0.39, 0.29) is 5.56 Å². The van der Waals surface area contributed by atoms with Gasteiger partial charge >= 0.3 is 11.9 Å². The molecule has 0 aliphatic rings. The molecule has 6 heteroatoms. The highest BCUT2D eigenvalue weighted by atomic mass is 19.1. The summed E-state index contributed by atoms with van der Waals surface area (Å²) >= 11 is 0. The number of nitrogens with two attached hydrogens (primary N) is 1. The minimum atomic E-state index is -2.07. The fourth-order valence-corrected chi connectivity index (χ4v) is 1.71. The number of benzene rings is 1. The summed E-state index contributed by atoms with van der Waals surface area (Å²) in [5, 5.41) is 8.94. The molecule has 0 saturated carbocycles. The molecule has 0 aromatic heterocycles. The number of ether oxygens (including phenoxy) is 1. The highest BCUT2D eigenvalue weighted by Gasteiger charge is 2.43. The summed E-state index contributed by atoms with van der Waals surface area (Å²) in [5.41, 5.74) is 2.76. The third-order valence-corrected chi connectivity index (χ3v) is 2.55. The Bertz CT molecular complexity index is 524. The van der Waals surface area contributed by atoms with Crippen LogP contribution in [0.4, 0.5) is 4.39 Å². The maximum Gasteiger partial charge on any atom is 0.332 e. The minimum absolute atomic E-state index is 0.198. The highest BCUT2D eigenvalue weighted by Crippen LogP contribution is 2.28. The van der Waals surface area contributed by atoms with Crippen molar-refractivity contribution < 1.29 is 23.8 Å². The molecule has 0 saturated heterocycles. The van der Waals surface area contributed by atoms with Crippen LogP contribution in [0.2, 0.25) is 0 Å². The van der Waals surface area contributed by atoms with Crippen molar-refractivity contribution in [2.75, 3.05) is 0 Å². The smallest absolute Gasteiger partial charge is 0.332 e. The van der Waals surface area contributed by atoms with Gasteiger partial charge in [0.25, 0.3) is 0 Å². The van der Waals surface area contributed by atoms with Gasteiger partial charge in [-0.05, 0) is 26.8 Å². The molecule has 0 aliphatic carbocycles. The highest BCUT2D eigenvalue weighted by molar-refractivity contribution is 5.87. The molecule has 0 bridgehead atoms. The quantitative estimate of drug-likeness (QED) is 0.822. The lowest BCUT2D eigenvalue weighted by Gasteiger charge is -2.30. The minimum Gasteiger partial charge on any atom is -0.481 e. The zero-order chi connectivity index (χ0) is 15.6. The summed E-state index contributed by atoms with van der Waals surface area (Å²) in [7, 11) is 0. The maximum absolute atomic E-state index is 13.8. The molecule has 1 rings (SSSR count). The molecule has 1 atom stereocenters. The zero-order valence-corrected chi connectivity index (χ0v) is 11.6. The number of hydrogen-bond donors (Lipinski definition) is 2. The van der Waals surface area contributed by atoms with Gasteiger partial charge in [0.15, 0.2) is 5.54 Å². The SMILES string of the molecule is CC(C)(C)OC(=O)[C@@](N)(CC(=O)O)c1ccccc1F. The van der Waals surface area contributed by atoms with Crippen molar-refractivity contribution >= 4 is 11.9 Å². The zero-order valence-electron chi connectivity index (χ0n) is 11.6. The van der Waals surface area contributed by atoms with Gasteiger partial charge < -0.3 is 15.6 Å². The number of rotatable bonds is 4. The van der Waals surface area contributed by atoms with E-state index in [4.69, 9.17) is 15.6 Å². The molecule has 3 N–H and O–H groups in total. The molecule has 0 unspecified atom stereocenters. The average molecular weight is 283 g/mol. The van der Waals surface area contributed by atoms with E-state index in [1.54, 1.807) is 20.8 Å². The Balaban J connectivity index is 3.26. The average Bonchev–Trinajstić information content (AvgIpc) is 2.25. The standard InChI is InChI=1S/C14H18FNO4/c1-13(2,3)20-12(19)14(16,8-11(17)18)9-6-4-5-7-10(9)15/h4-7H,8,16H2,1-3H3,(H,17,18)/t14-/m1/s1. The molecule has 5 nitrogen and oxygen atoms in total. The first kappa shape index (κ1) is 16.1. The summed E-state index contributed by atoms with van der Waals surface area (Å²) < 4.78 is 19.0. The van der Waals surface area contributed by atoms with Crippen LogP contribution in [0.25, 0.3) is 0 Å². The number of esters is 1. The molecular formula is C14H18FNO4. The fraction of sp³-hybridized carbons (Fsp3) is 0.429. The van der Waals surface area contributed by atoms with E-state index >= 15 is 0 Å². The molecule has 0 aliphatic heterocycles. The fourth-order valence-electron chi connectivity index (χ4n) is 1.71. The molecule has 1 aromatic rings. The van der Waals surface area contributed by atoms with E-state index in [2.05, 4.69) is 0 Å². The second kappa shape index (κ2) is 5.58. The molecular weight excluding hydrogens is 265 g/mol. The maximum atomic E-state index is 13.8. The van der Waals surface area contributed by atoms with Crippen molar-refractivity contribution in [1.82, 2.24) is 0 Å². The van der Waals surface area contributed by atoms with Crippen molar-refractivity contribution in [2.45, 2.75) is 38.3 Å². The van der Waals surface area contributed by atoms with Crippen LogP contribution in [0.1, 0.15) is 32.8 Å². The normalized spacial score (nSPS) is 14.4. The van der Waals surface area contributed by atoms with Crippen LogP contribution >= 0.6 is 0 Å². The lowest BCUT2D eigenvalue weighted by atomic mass is 9.87. The van der Waals surface area contributed by atoms with Gasteiger partial charge in [0.2, 0.25) is 0 Å². The molecule has 0 fully saturated rings. The second-order valence-electron chi connectivity index (χ2n) is 5.52. The molecule has 110 valence electrons. The molecule has 20 heavy (non-hydrogen) atoms. The van der Waals surface area contributed by atoms with Gasteiger partial charge in [-0.3, -0.25) is 4.79 Å². The van der Waals surface area contributed by atoms with Gasteiger partial charge in [0, 0.05) is 5.56 Å². The van der Waals surface area contributed by atoms with Crippen molar-refractivity contribution in [3.8, 4) is 0 Å². The summed E-state index contributed by atoms with van der Waals surface area (Å²) in [4.78, 5) is 23.2. The van der Waals surface area contributed by atoms with Gasteiger partial charge in [0.1, 0.15) is 11.4 Å². The number of carboxylic acid groups (broad SMARTS) is 1. The van der Waals surface area contributed by atoms with Crippen LogP contribution in [0.3, 0.4) is 0 Å². The first-order valence-electron chi connectivity index (χ1n) is 6.05. The number of carbonyl (C=O) groups excluding carboxylic acids is 1. The second-order valence-corrected chi connectivity index (χ2v) is 5.52. The molecule has 0 amide bonds. The first-order chi connectivity index (χ1) is 9.06. The van der Waals surface area contributed by atoms with Gasteiger partial charge in [-0.2, -0.15) is 0 Å². The van der Waals surface area contributed by atoms with Gasteiger partial charge in [0.05, 0.1) is 6.42 Å². The van der Waals surface area contributed by atoms with Crippen molar-refractivity contribution in [2.24, 2.45) is 5.73 Å². The Morgan fingerprint density at radius 2 is 1.85 bits per heavy atom. The molecule has 0 radical (unpaired) electrons. The topological polar surface area (TPSA) is 89.6 Å². The Hall–Kier alpha value is -1.95. The van der Waals surface area contributed by atoms with Crippen LogP contribution < -0.4 is 5.73 Å². The van der Waals surface area contributed by atoms with Crippen LogP contribution in [0, 0.1) is 5.82 Å². The predicted molar refractivity (Wildman–Crippen MR) is 70.4 cm³/mol. The third kappa shape index (κ3) is 3.77. The van der Waals surface area contributed by atoms with E-state index in [1.165, 1.54) is 18.2 Å². The number of carboxylic acids is 1. The predicted octanol–water partition coefficient (Wildman–Crippen LogP) is 1.80. The van der Waals surface area contributed by atoms with Gasteiger partial charge in [-0.1, -0.05) is 18.2 Å². The van der Waals surface area contributed by atoms with E-state index in [9.17, 15) is 14.0 Å². The van der Waals surface area contributed by atoms with Crippen molar-refractivity contribution in [3.05, 3.63) is 35.6 Å². The van der Waals surface area contributed by atoms with Gasteiger partial charge in [-0.25, -0.2) is 9.18 Å². The first-order valence-corrected chi connectivity index (χ1v) is 6.05. The van der Waals surface area contributed by atoms with Gasteiger partial charge in [-0.15, -0.1) is 0 Å². The summed E-state index contributed by atoms with van der Waals surface area (Å²) in [6, 6.07) is 5.30. The Labute approximate surface area is 116 Å². The van der Waals surface area contributed by atoms with E-state index < -0.39 is 35.3 Å². The monoisotopic (exact) mass is 283 g/mol. The van der Waals surface area contributed by atoms with Crippen LogP contribution in [0.15, 0.2) is 24.3 Å². The number of carbonyl (C=O) groups is 2. The van der Waals surface area contributed by atoms with Crippen LogP contribution in [0.5, 0.6) is 0 Å².